The van der Waals surface area contributed by atoms with E-state index in [9.17, 15) is 19.2 Å². The highest BCUT2D eigenvalue weighted by Crippen LogP contribution is 2.24. The molecule has 10 nitrogen and oxygen atoms in total. The van der Waals surface area contributed by atoms with Crippen molar-refractivity contribution in [1.29, 1.82) is 0 Å². The zero-order valence-corrected chi connectivity index (χ0v) is 18.9. The normalized spacial score (nSPS) is 22.0. The molecule has 1 unspecified atom stereocenters. The summed E-state index contributed by atoms with van der Waals surface area (Å²) in [6.45, 7) is 3.60. The number of amides is 2. The molecule has 178 valence electrons. The van der Waals surface area contributed by atoms with Crippen LogP contribution in [0, 0.1) is 0 Å². The zero-order chi connectivity index (χ0) is 23.5. The van der Waals surface area contributed by atoms with E-state index < -0.39 is 17.9 Å². The van der Waals surface area contributed by atoms with Crippen molar-refractivity contribution in [3.05, 3.63) is 34.2 Å². The second-order valence-electron chi connectivity index (χ2n) is 8.99. The van der Waals surface area contributed by atoms with Crippen molar-refractivity contribution >= 4 is 28.8 Å². The minimum absolute atomic E-state index is 0.183. The number of imide groups is 1. The van der Waals surface area contributed by atoms with Gasteiger partial charge in [-0.25, -0.2) is 4.79 Å². The number of nitrogens with zero attached hydrogens (tertiary/aromatic N) is 3. The van der Waals surface area contributed by atoms with Crippen LogP contribution < -0.4 is 16.3 Å². The molecule has 1 aromatic carbocycles. The summed E-state index contributed by atoms with van der Waals surface area (Å²) in [6, 6.07) is 5.44. The lowest BCUT2D eigenvalue weighted by atomic mass is 10.0. The Bertz CT molecular complexity index is 1120. The molecule has 0 radical (unpaired) electrons. The lowest BCUT2D eigenvalue weighted by Crippen LogP contribution is -2.50. The Hall–Kier alpha value is -2.98. The van der Waals surface area contributed by atoms with Crippen LogP contribution >= 0.6 is 0 Å². The molecule has 3 heterocycles. The van der Waals surface area contributed by atoms with Crippen molar-refractivity contribution in [2.24, 2.45) is 7.05 Å². The van der Waals surface area contributed by atoms with Gasteiger partial charge in [0.05, 0.1) is 11.0 Å². The van der Waals surface area contributed by atoms with Gasteiger partial charge in [0, 0.05) is 45.6 Å². The van der Waals surface area contributed by atoms with Gasteiger partial charge in [-0.15, -0.1) is 0 Å². The van der Waals surface area contributed by atoms with E-state index >= 15 is 0 Å². The Morgan fingerprint density at radius 1 is 1.21 bits per heavy atom. The molecule has 2 fully saturated rings. The Morgan fingerprint density at radius 2 is 2.03 bits per heavy atom. The highest BCUT2D eigenvalue weighted by Gasteiger charge is 2.31. The van der Waals surface area contributed by atoms with E-state index in [-0.39, 0.29) is 30.5 Å². The molecule has 0 aliphatic carbocycles. The number of fused-ring (bicyclic) bond motifs is 1. The number of rotatable bonds is 8. The third kappa shape index (κ3) is 5.17. The van der Waals surface area contributed by atoms with Crippen LogP contribution in [-0.2, 0) is 27.9 Å². The van der Waals surface area contributed by atoms with Crippen molar-refractivity contribution in [2.45, 2.75) is 50.6 Å². The first kappa shape index (κ1) is 23.2. The van der Waals surface area contributed by atoms with Gasteiger partial charge in [0.25, 0.3) is 0 Å². The van der Waals surface area contributed by atoms with Crippen LogP contribution in [0.4, 0.5) is 0 Å². The second-order valence-corrected chi connectivity index (χ2v) is 8.99. The van der Waals surface area contributed by atoms with Gasteiger partial charge in [-0.05, 0) is 49.9 Å². The van der Waals surface area contributed by atoms with Crippen molar-refractivity contribution in [3.63, 3.8) is 0 Å². The average Bonchev–Trinajstić information content (AvgIpc) is 3.03. The molecule has 1 aromatic heterocycles. The number of aromatic nitrogens is 2. The monoisotopic (exact) mass is 457 g/mol. The molecule has 10 heteroatoms. The number of carboxylic acid groups (broad SMARTS) is 1. The summed E-state index contributed by atoms with van der Waals surface area (Å²) in [5.41, 5.74) is 2.34. The summed E-state index contributed by atoms with van der Waals surface area (Å²) in [4.78, 5) is 49.9. The summed E-state index contributed by atoms with van der Waals surface area (Å²) >= 11 is 0. The molecule has 2 atom stereocenters. The number of hydrogen-bond donors (Lipinski definition) is 3. The van der Waals surface area contributed by atoms with Crippen LogP contribution in [0.2, 0.25) is 0 Å². The minimum Gasteiger partial charge on any atom is -0.481 e. The zero-order valence-electron chi connectivity index (χ0n) is 18.9. The fourth-order valence-corrected chi connectivity index (χ4v) is 4.89. The van der Waals surface area contributed by atoms with E-state index in [1.165, 1.54) is 4.57 Å². The summed E-state index contributed by atoms with van der Waals surface area (Å²) in [6.07, 6.45) is 3.18. The van der Waals surface area contributed by atoms with Crippen molar-refractivity contribution in [3.8, 4) is 0 Å². The van der Waals surface area contributed by atoms with Gasteiger partial charge < -0.3 is 15.3 Å². The molecule has 0 bridgehead atoms. The standard InChI is InChI=1S/C23H31N5O5/c1-26-19-13-15(3-2-11-27-12-10-24-16(14-27)5-9-21(30)31)4-6-17(19)28(23(26)33)18-7-8-20(29)25-22(18)32/h4,6,13,16,18,24H,2-3,5,7-12,14H2,1H3,(H,30,31)(H,25,29,32)/t16-,18?/m1/s1. The Balaban J connectivity index is 1.40. The van der Waals surface area contributed by atoms with Crippen LogP contribution in [0.1, 0.15) is 43.7 Å². The van der Waals surface area contributed by atoms with E-state index in [1.807, 2.05) is 18.2 Å². The fourth-order valence-electron chi connectivity index (χ4n) is 4.89. The number of hydrogen-bond acceptors (Lipinski definition) is 6. The quantitative estimate of drug-likeness (QED) is 0.490. The van der Waals surface area contributed by atoms with Gasteiger partial charge in [-0.1, -0.05) is 6.07 Å². The fraction of sp³-hybridized carbons (Fsp3) is 0.565. The van der Waals surface area contributed by atoms with Crippen LogP contribution in [0.3, 0.4) is 0 Å². The van der Waals surface area contributed by atoms with Gasteiger partial charge >= 0.3 is 11.7 Å². The van der Waals surface area contributed by atoms with Gasteiger partial charge in [0.2, 0.25) is 11.8 Å². The Kier molecular flexibility index (Phi) is 6.94. The molecule has 3 N–H and O–H groups in total. The van der Waals surface area contributed by atoms with Gasteiger partial charge in [0.15, 0.2) is 0 Å². The number of piperazine rings is 1. The third-order valence-electron chi connectivity index (χ3n) is 6.66. The molecule has 0 saturated carbocycles. The molecule has 2 aliphatic heterocycles. The van der Waals surface area contributed by atoms with Gasteiger partial charge in [-0.3, -0.25) is 28.8 Å². The molecule has 2 saturated heterocycles. The summed E-state index contributed by atoms with van der Waals surface area (Å²) in [7, 11) is 1.70. The molecule has 4 rings (SSSR count). The number of carbonyl (C=O) groups excluding carboxylic acids is 2. The van der Waals surface area contributed by atoms with E-state index in [0.29, 0.717) is 18.4 Å². The van der Waals surface area contributed by atoms with Crippen LogP contribution in [0.15, 0.2) is 23.0 Å². The molecule has 2 aliphatic rings. The number of carbonyl (C=O) groups is 3. The summed E-state index contributed by atoms with van der Waals surface area (Å²) in [5.74, 6) is -1.49. The van der Waals surface area contributed by atoms with E-state index in [4.69, 9.17) is 5.11 Å². The SMILES string of the molecule is Cn1c(=O)n(C2CCC(=O)NC2=O)c2ccc(CCCN3CCN[C@H](CCC(=O)O)C3)cc21. The van der Waals surface area contributed by atoms with Crippen LogP contribution in [-0.4, -0.2) is 69.1 Å². The van der Waals surface area contributed by atoms with Crippen molar-refractivity contribution in [2.75, 3.05) is 26.2 Å². The first-order valence-electron chi connectivity index (χ1n) is 11.5. The number of benzene rings is 1. The lowest BCUT2D eigenvalue weighted by molar-refractivity contribution is -0.138. The number of carboxylic acids is 1. The number of imidazole rings is 1. The van der Waals surface area contributed by atoms with E-state index in [0.717, 1.165) is 50.1 Å². The largest absolute Gasteiger partial charge is 0.481 e. The Labute approximate surface area is 191 Å². The van der Waals surface area contributed by atoms with E-state index in [1.54, 1.807) is 11.6 Å². The number of piperidine rings is 1. The maximum atomic E-state index is 12.9. The summed E-state index contributed by atoms with van der Waals surface area (Å²) in [5, 5.41) is 14.6. The predicted molar refractivity (Wildman–Crippen MR) is 122 cm³/mol. The van der Waals surface area contributed by atoms with Crippen molar-refractivity contribution in [1.82, 2.24) is 24.7 Å². The molecule has 2 amide bonds. The molecule has 2 aromatic rings. The molecule has 0 spiro atoms. The van der Waals surface area contributed by atoms with Gasteiger partial charge in [-0.2, -0.15) is 0 Å². The molecule has 33 heavy (non-hydrogen) atoms. The lowest BCUT2D eigenvalue weighted by Gasteiger charge is -2.33. The third-order valence-corrected chi connectivity index (χ3v) is 6.66. The van der Waals surface area contributed by atoms with E-state index in [2.05, 4.69) is 15.5 Å². The minimum atomic E-state index is -0.759. The van der Waals surface area contributed by atoms with Gasteiger partial charge in [0.1, 0.15) is 6.04 Å². The maximum absolute atomic E-state index is 12.9. The summed E-state index contributed by atoms with van der Waals surface area (Å²) < 4.78 is 3.06. The van der Waals surface area contributed by atoms with Crippen molar-refractivity contribution < 1.29 is 19.5 Å². The molecular weight excluding hydrogens is 426 g/mol. The maximum Gasteiger partial charge on any atom is 0.329 e. The van der Waals surface area contributed by atoms with Crippen LogP contribution in [0.5, 0.6) is 0 Å². The number of nitrogens with one attached hydrogen (secondary N) is 2. The second kappa shape index (κ2) is 9.88. The number of aryl methyl sites for hydroxylation is 2. The highest BCUT2D eigenvalue weighted by molar-refractivity contribution is 6.00. The number of aliphatic carboxylic acids is 1. The van der Waals surface area contributed by atoms with Crippen LogP contribution in [0.25, 0.3) is 11.0 Å². The first-order valence-corrected chi connectivity index (χ1v) is 11.5. The smallest absolute Gasteiger partial charge is 0.329 e. The highest BCUT2D eigenvalue weighted by atomic mass is 16.4. The average molecular weight is 458 g/mol. The first-order chi connectivity index (χ1) is 15.8. The topological polar surface area (TPSA) is 126 Å². The predicted octanol–water partition coefficient (Wildman–Crippen LogP) is 0.389. The molecular formula is C23H31N5O5. The Morgan fingerprint density at radius 3 is 2.79 bits per heavy atom.